The van der Waals surface area contributed by atoms with Gasteiger partial charge in [-0.05, 0) is 46.3 Å². The van der Waals surface area contributed by atoms with Crippen LogP contribution < -0.4 is 5.73 Å². The number of aliphatic hydroxyl groups is 1. The lowest BCUT2D eigenvalue weighted by Gasteiger charge is -2.39. The maximum atomic E-state index is 9.18. The van der Waals surface area contributed by atoms with Gasteiger partial charge >= 0.3 is 7.48 Å². The number of hydrogen-bond donors (Lipinski definition) is 2. The second-order valence-electron chi connectivity index (χ2n) is 5.23. The molecule has 18 heavy (non-hydrogen) atoms. The summed E-state index contributed by atoms with van der Waals surface area (Å²) >= 11 is 1.88. The normalized spacial score (nSPS) is 16.1. The number of aliphatic hydroxyl groups excluding tert-OH is 1. The molecule has 4 nitrogen and oxygen atoms in total. The molecule has 0 heterocycles. The molecule has 0 saturated carbocycles. The molecule has 0 saturated heterocycles. The van der Waals surface area contributed by atoms with Crippen LogP contribution in [-0.2, 0) is 7.72 Å². The Morgan fingerprint density at radius 1 is 1.33 bits per heavy atom. The highest BCUT2D eigenvalue weighted by Gasteiger charge is 2.38. The molecule has 1 unspecified atom stereocenters. The van der Waals surface area contributed by atoms with E-state index in [0.717, 1.165) is 5.47 Å². The van der Waals surface area contributed by atoms with E-state index < -0.39 is 17.3 Å². The molecular formula is C12H23BINO3. The molecule has 6 heteroatoms. The summed E-state index contributed by atoms with van der Waals surface area (Å²) in [5.74, 6) is 0. The Labute approximate surface area is 125 Å². The fraction of sp³-hybridized carbons (Fsp3) is 0.667. The third kappa shape index (κ3) is 5.73. The van der Waals surface area contributed by atoms with Crippen LogP contribution in [0.1, 0.15) is 34.6 Å². The van der Waals surface area contributed by atoms with Crippen LogP contribution in [0.15, 0.2) is 23.8 Å². The van der Waals surface area contributed by atoms with Crippen LogP contribution >= 0.6 is 23.0 Å². The second-order valence-corrected chi connectivity index (χ2v) is 5.67. The summed E-state index contributed by atoms with van der Waals surface area (Å²) in [4.78, 5) is 0. The van der Waals surface area contributed by atoms with Crippen molar-refractivity contribution < 1.29 is 12.8 Å². The summed E-state index contributed by atoms with van der Waals surface area (Å²) < 4.78 is 11.3. The zero-order valence-corrected chi connectivity index (χ0v) is 13.9. The van der Waals surface area contributed by atoms with Gasteiger partial charge in [-0.1, -0.05) is 12.2 Å². The maximum Gasteiger partial charge on any atom is 0.310 e. The fourth-order valence-electron chi connectivity index (χ4n) is 0.945. The molecular weight excluding hydrogens is 344 g/mol. The Hall–Kier alpha value is -0.0451. The summed E-state index contributed by atoms with van der Waals surface area (Å²) in [6, 6.07) is 0. The van der Waals surface area contributed by atoms with E-state index in [1.807, 2.05) is 50.7 Å². The highest BCUT2D eigenvalue weighted by molar-refractivity contribution is 14.1. The van der Waals surface area contributed by atoms with Gasteiger partial charge in [0, 0.05) is 0 Å². The molecule has 0 fully saturated rings. The number of nitrogens with two attached hydrogens (primary N) is 1. The zero-order chi connectivity index (χ0) is 14.4. The Morgan fingerprint density at radius 3 is 2.28 bits per heavy atom. The Balaban J connectivity index is 4.56. The monoisotopic (exact) mass is 367 g/mol. The topological polar surface area (TPSA) is 64.7 Å². The van der Waals surface area contributed by atoms with Crippen molar-refractivity contribution in [1.82, 2.24) is 0 Å². The van der Waals surface area contributed by atoms with Gasteiger partial charge in [-0.15, -0.1) is 0 Å². The Bertz CT molecular complexity index is 314. The van der Waals surface area contributed by atoms with Gasteiger partial charge < -0.3 is 18.6 Å². The second kappa shape index (κ2) is 7.52. The summed E-state index contributed by atoms with van der Waals surface area (Å²) in [6.45, 7) is 9.56. The lowest BCUT2D eigenvalue weighted by atomic mass is 9.82. The van der Waals surface area contributed by atoms with Crippen molar-refractivity contribution in [3.8, 4) is 0 Å². The molecule has 0 radical (unpaired) electrons. The molecule has 0 rings (SSSR count). The Morgan fingerprint density at radius 2 is 1.89 bits per heavy atom. The van der Waals surface area contributed by atoms with Crippen LogP contribution in [-0.4, -0.2) is 29.9 Å². The first-order chi connectivity index (χ1) is 8.16. The fourth-order valence-corrected chi connectivity index (χ4v) is 1.48. The van der Waals surface area contributed by atoms with E-state index in [2.05, 4.69) is 0 Å². The van der Waals surface area contributed by atoms with E-state index in [0.29, 0.717) is 7.48 Å². The quantitative estimate of drug-likeness (QED) is 0.411. The maximum absolute atomic E-state index is 9.18. The molecule has 0 aliphatic carbocycles. The number of halogens is 1. The molecule has 0 aromatic rings. The SMILES string of the molecule is CC(O)/C=C\C(BOC(C)(C)C(C)(C)OI)=C/N. The number of allylic oxidation sites excluding steroid dienone is 2. The lowest BCUT2D eigenvalue weighted by Crippen LogP contribution is -2.48. The van der Waals surface area contributed by atoms with Crippen molar-refractivity contribution in [2.24, 2.45) is 5.73 Å². The van der Waals surface area contributed by atoms with E-state index in [1.54, 1.807) is 19.1 Å². The average Bonchev–Trinajstić information content (AvgIpc) is 2.28. The molecule has 0 spiro atoms. The molecule has 0 bridgehead atoms. The predicted molar refractivity (Wildman–Crippen MR) is 84.6 cm³/mol. The minimum atomic E-state index is -0.498. The van der Waals surface area contributed by atoms with Crippen LogP contribution in [0.5, 0.6) is 0 Å². The molecule has 0 aromatic carbocycles. The minimum Gasteiger partial charge on any atom is -0.427 e. The van der Waals surface area contributed by atoms with Gasteiger partial charge in [0.2, 0.25) is 0 Å². The van der Waals surface area contributed by atoms with E-state index in [4.69, 9.17) is 13.5 Å². The van der Waals surface area contributed by atoms with E-state index in [-0.39, 0.29) is 0 Å². The first-order valence-corrected chi connectivity index (χ1v) is 6.75. The van der Waals surface area contributed by atoms with Crippen molar-refractivity contribution in [3.05, 3.63) is 23.8 Å². The standard InChI is InChI=1S/C12H23BINO3/c1-9(16)6-7-10(8-15)13-17-11(2,3)12(4,5)18-14/h6-9,13,16H,15H2,1-5H3/b7-6-,10-8+. The van der Waals surface area contributed by atoms with Crippen molar-refractivity contribution in [1.29, 1.82) is 0 Å². The first kappa shape index (κ1) is 18.0. The van der Waals surface area contributed by atoms with Crippen molar-refractivity contribution in [2.75, 3.05) is 0 Å². The largest absolute Gasteiger partial charge is 0.427 e. The summed E-state index contributed by atoms with van der Waals surface area (Å²) in [6.07, 6.45) is 4.41. The first-order valence-electron chi connectivity index (χ1n) is 5.87. The minimum absolute atomic E-state index is 0.371. The van der Waals surface area contributed by atoms with Gasteiger partial charge in [0.15, 0.2) is 0 Å². The summed E-state index contributed by atoms with van der Waals surface area (Å²) in [7, 11) is 0.371. The number of rotatable bonds is 7. The highest BCUT2D eigenvalue weighted by Crippen LogP contribution is 2.30. The Kier molecular flexibility index (Phi) is 7.50. The molecule has 3 N–H and O–H groups in total. The van der Waals surface area contributed by atoms with Crippen molar-refractivity contribution in [2.45, 2.75) is 51.9 Å². The van der Waals surface area contributed by atoms with Crippen LogP contribution in [0.2, 0.25) is 0 Å². The van der Waals surface area contributed by atoms with Gasteiger partial charge in [0.25, 0.3) is 0 Å². The third-order valence-corrected chi connectivity index (χ3v) is 4.15. The smallest absolute Gasteiger partial charge is 0.310 e. The van der Waals surface area contributed by atoms with Crippen LogP contribution in [0, 0.1) is 0 Å². The summed E-state index contributed by atoms with van der Waals surface area (Å²) in [5, 5.41) is 9.18. The van der Waals surface area contributed by atoms with E-state index >= 15 is 0 Å². The lowest BCUT2D eigenvalue weighted by molar-refractivity contribution is -0.0484. The zero-order valence-electron chi connectivity index (χ0n) is 11.7. The molecule has 104 valence electrons. The molecule has 0 aliphatic rings. The van der Waals surface area contributed by atoms with Crippen molar-refractivity contribution >= 4 is 30.5 Å². The van der Waals surface area contributed by atoms with Gasteiger partial charge in [-0.25, -0.2) is 0 Å². The predicted octanol–water partition coefficient (Wildman–Crippen LogP) is 2.02. The third-order valence-electron chi connectivity index (χ3n) is 3.05. The van der Waals surface area contributed by atoms with Crippen LogP contribution in [0.3, 0.4) is 0 Å². The molecule has 0 amide bonds. The van der Waals surface area contributed by atoms with Gasteiger partial charge in [-0.2, -0.15) is 0 Å². The molecule has 0 aromatic heterocycles. The van der Waals surface area contributed by atoms with Gasteiger partial charge in [-0.3, -0.25) is 0 Å². The average molecular weight is 367 g/mol. The highest BCUT2D eigenvalue weighted by atomic mass is 127. The number of hydrogen-bond acceptors (Lipinski definition) is 4. The van der Waals surface area contributed by atoms with E-state index in [9.17, 15) is 5.11 Å². The van der Waals surface area contributed by atoms with Gasteiger partial charge in [0.05, 0.1) is 11.7 Å². The van der Waals surface area contributed by atoms with Crippen molar-refractivity contribution in [3.63, 3.8) is 0 Å². The van der Waals surface area contributed by atoms with E-state index in [1.165, 1.54) is 6.20 Å². The van der Waals surface area contributed by atoms with Crippen LogP contribution in [0.25, 0.3) is 0 Å². The van der Waals surface area contributed by atoms with Crippen LogP contribution in [0.4, 0.5) is 0 Å². The molecule has 0 aliphatic heterocycles. The molecule has 1 atom stereocenters. The summed E-state index contributed by atoms with van der Waals surface area (Å²) in [5.41, 5.74) is 5.46. The van der Waals surface area contributed by atoms with Gasteiger partial charge in [0.1, 0.15) is 28.6 Å².